The molecule has 0 unspecified atom stereocenters. The van der Waals surface area contributed by atoms with Crippen LogP contribution in [0.1, 0.15) is 6.42 Å². The first-order valence-corrected chi connectivity index (χ1v) is 11.6. The van der Waals surface area contributed by atoms with E-state index in [4.69, 9.17) is 55.9 Å². The molecule has 28 heavy (non-hydrogen) atoms. The first-order valence-electron chi connectivity index (χ1n) is 8.27. The number of nitrogens with zero attached hydrogens (tertiary/aromatic N) is 1. The smallest absolute Gasteiger partial charge is 0.156 e. The molecule has 3 aromatic rings. The van der Waals surface area contributed by atoms with Gasteiger partial charge in [0.2, 0.25) is 0 Å². The van der Waals surface area contributed by atoms with Crippen molar-refractivity contribution >= 4 is 79.7 Å². The Labute approximate surface area is 191 Å². The maximum Gasteiger partial charge on any atom is 0.156 e. The van der Waals surface area contributed by atoms with Crippen molar-refractivity contribution in [3.05, 3.63) is 57.0 Å². The third-order valence-corrected chi connectivity index (χ3v) is 6.63. The zero-order valence-corrected chi connectivity index (χ0v) is 19.1. The number of ether oxygens (including phenoxy) is 2. The van der Waals surface area contributed by atoms with Crippen LogP contribution in [-0.4, -0.2) is 24.0 Å². The predicted octanol–water partition coefficient (Wildman–Crippen LogP) is 7.86. The summed E-state index contributed by atoms with van der Waals surface area (Å²) >= 11 is 27.0. The Kier molecular flexibility index (Phi) is 8.45. The fourth-order valence-electron chi connectivity index (χ4n) is 2.26. The average molecular weight is 495 g/mol. The summed E-state index contributed by atoms with van der Waals surface area (Å²) in [5, 5.41) is 0.782. The van der Waals surface area contributed by atoms with Crippen molar-refractivity contribution in [2.24, 2.45) is 0 Å². The topological polar surface area (TPSA) is 31.4 Å². The van der Waals surface area contributed by atoms with Crippen LogP contribution in [0.15, 0.2) is 51.3 Å². The van der Waals surface area contributed by atoms with E-state index in [1.54, 1.807) is 35.2 Å². The van der Waals surface area contributed by atoms with Gasteiger partial charge in [0.1, 0.15) is 16.8 Å². The largest absolute Gasteiger partial charge is 0.490 e. The van der Waals surface area contributed by atoms with Crippen LogP contribution < -0.4 is 9.47 Å². The summed E-state index contributed by atoms with van der Waals surface area (Å²) in [5.74, 6) is 1.85. The Morgan fingerprint density at radius 3 is 2.57 bits per heavy atom. The number of halogens is 4. The zero-order chi connectivity index (χ0) is 19.9. The second-order valence-corrected chi connectivity index (χ2v) is 9.71. The number of thioether (sulfide) groups is 1. The minimum absolute atomic E-state index is 0.140. The van der Waals surface area contributed by atoms with Crippen LogP contribution in [0.4, 0.5) is 0 Å². The quantitative estimate of drug-likeness (QED) is 0.223. The van der Waals surface area contributed by atoms with Crippen molar-refractivity contribution in [1.29, 1.82) is 0 Å². The van der Waals surface area contributed by atoms with Gasteiger partial charge in [-0.2, -0.15) is 0 Å². The molecule has 0 saturated heterocycles. The zero-order valence-electron chi connectivity index (χ0n) is 14.5. The highest BCUT2D eigenvalue weighted by atomic mass is 35.5. The second-order valence-electron chi connectivity index (χ2n) is 5.52. The Morgan fingerprint density at radius 1 is 1.11 bits per heavy atom. The number of aromatic nitrogens is 1. The molecule has 1 heterocycles. The monoisotopic (exact) mass is 493 g/mol. The summed E-state index contributed by atoms with van der Waals surface area (Å²) in [4.78, 5) is 4.61. The minimum Gasteiger partial charge on any atom is -0.490 e. The summed E-state index contributed by atoms with van der Waals surface area (Å²) < 4.78 is 13.6. The SMILES string of the molecule is ClC(Cl)=CCOc1cc(Cl)c(OCCCSc2nc3ccccc3s2)c(Cl)c1. The van der Waals surface area contributed by atoms with Crippen LogP contribution in [0.25, 0.3) is 10.2 Å². The molecule has 0 aliphatic heterocycles. The molecule has 0 aliphatic rings. The molecule has 0 aliphatic carbocycles. The lowest BCUT2D eigenvalue weighted by atomic mass is 10.3. The third kappa shape index (κ3) is 6.34. The van der Waals surface area contributed by atoms with Crippen LogP contribution in [0, 0.1) is 0 Å². The minimum atomic E-state index is 0.140. The molecular formula is C19H15Cl4NO2S2. The van der Waals surface area contributed by atoms with E-state index < -0.39 is 0 Å². The lowest BCUT2D eigenvalue weighted by molar-refractivity contribution is 0.317. The maximum atomic E-state index is 6.26. The number of hydrogen-bond donors (Lipinski definition) is 0. The van der Waals surface area contributed by atoms with Crippen molar-refractivity contribution in [2.75, 3.05) is 19.0 Å². The van der Waals surface area contributed by atoms with Gasteiger partial charge in [0, 0.05) is 17.9 Å². The summed E-state index contributed by atoms with van der Waals surface area (Å²) in [7, 11) is 0. The van der Waals surface area contributed by atoms with Gasteiger partial charge in [-0.1, -0.05) is 70.3 Å². The Morgan fingerprint density at radius 2 is 1.86 bits per heavy atom. The number of fused-ring (bicyclic) bond motifs is 1. The van der Waals surface area contributed by atoms with Crippen LogP contribution in [-0.2, 0) is 0 Å². The highest BCUT2D eigenvalue weighted by Crippen LogP contribution is 2.37. The lowest BCUT2D eigenvalue weighted by Gasteiger charge is -2.12. The highest BCUT2D eigenvalue weighted by molar-refractivity contribution is 8.01. The standard InChI is InChI=1S/C19H15Cl4NO2S2/c20-13-10-12(25-8-6-17(22)23)11-14(21)18(13)26-7-3-9-27-19-24-15-4-1-2-5-16(15)28-19/h1-2,4-6,10-11H,3,7-9H2. The molecule has 0 bridgehead atoms. The van der Waals surface area contributed by atoms with Crippen molar-refractivity contribution in [1.82, 2.24) is 4.98 Å². The summed E-state index contributed by atoms with van der Waals surface area (Å²) in [5.41, 5.74) is 1.04. The van der Waals surface area contributed by atoms with Gasteiger partial charge >= 0.3 is 0 Å². The number of thiazole rings is 1. The first kappa shape index (κ1) is 21.9. The van der Waals surface area contributed by atoms with E-state index in [1.165, 1.54) is 10.8 Å². The molecule has 0 saturated carbocycles. The molecule has 1 aromatic heterocycles. The molecule has 0 fully saturated rings. The molecule has 0 spiro atoms. The molecule has 3 nitrogen and oxygen atoms in total. The van der Waals surface area contributed by atoms with E-state index in [9.17, 15) is 0 Å². The summed E-state index contributed by atoms with van der Waals surface area (Å²) in [6.45, 7) is 0.723. The fourth-order valence-corrected chi connectivity index (χ4v) is 5.02. The van der Waals surface area contributed by atoms with E-state index in [-0.39, 0.29) is 11.1 Å². The normalized spacial score (nSPS) is 10.9. The van der Waals surface area contributed by atoms with Gasteiger partial charge in [0.25, 0.3) is 0 Å². The number of rotatable bonds is 9. The van der Waals surface area contributed by atoms with Gasteiger partial charge < -0.3 is 9.47 Å². The Bertz CT molecular complexity index is 917. The van der Waals surface area contributed by atoms with E-state index >= 15 is 0 Å². The molecule has 0 amide bonds. The Hall–Kier alpha value is -0.820. The van der Waals surface area contributed by atoms with Gasteiger partial charge in [-0.15, -0.1) is 11.3 Å². The maximum absolute atomic E-state index is 6.26. The summed E-state index contributed by atoms with van der Waals surface area (Å²) in [6, 6.07) is 11.4. The molecule has 9 heteroatoms. The Balaban J connectivity index is 1.46. The van der Waals surface area contributed by atoms with Gasteiger partial charge in [0.15, 0.2) is 10.1 Å². The van der Waals surface area contributed by atoms with Gasteiger partial charge in [-0.05, 0) is 24.6 Å². The van der Waals surface area contributed by atoms with Crippen molar-refractivity contribution < 1.29 is 9.47 Å². The molecule has 0 radical (unpaired) electrons. The predicted molar refractivity (Wildman–Crippen MR) is 122 cm³/mol. The van der Waals surface area contributed by atoms with Crippen LogP contribution >= 0.6 is 69.5 Å². The van der Waals surface area contributed by atoms with E-state index in [0.717, 1.165) is 22.0 Å². The van der Waals surface area contributed by atoms with Crippen molar-refractivity contribution in [2.45, 2.75) is 10.8 Å². The van der Waals surface area contributed by atoms with Gasteiger partial charge in [0.05, 0.1) is 26.9 Å². The molecule has 0 atom stereocenters. The van der Waals surface area contributed by atoms with Crippen LogP contribution in [0.5, 0.6) is 11.5 Å². The average Bonchev–Trinajstić information content (AvgIpc) is 3.06. The first-order chi connectivity index (χ1) is 13.5. The fraction of sp³-hybridized carbons (Fsp3) is 0.211. The lowest BCUT2D eigenvalue weighted by Crippen LogP contribution is -2.01. The molecule has 148 valence electrons. The van der Waals surface area contributed by atoms with E-state index in [1.807, 2.05) is 18.2 Å². The number of para-hydroxylation sites is 1. The van der Waals surface area contributed by atoms with Crippen LogP contribution in [0.3, 0.4) is 0 Å². The molecule has 2 aromatic carbocycles. The highest BCUT2D eigenvalue weighted by Gasteiger charge is 2.11. The van der Waals surface area contributed by atoms with Crippen LogP contribution in [0.2, 0.25) is 10.0 Å². The van der Waals surface area contributed by atoms with Crippen molar-refractivity contribution in [3.8, 4) is 11.5 Å². The van der Waals surface area contributed by atoms with Gasteiger partial charge in [-0.25, -0.2) is 4.98 Å². The van der Waals surface area contributed by atoms with Crippen molar-refractivity contribution in [3.63, 3.8) is 0 Å². The summed E-state index contributed by atoms with van der Waals surface area (Å²) in [6.07, 6.45) is 2.36. The van der Waals surface area contributed by atoms with E-state index in [2.05, 4.69) is 11.1 Å². The van der Waals surface area contributed by atoms with Gasteiger partial charge in [-0.3, -0.25) is 0 Å². The molecule has 3 rings (SSSR count). The second kappa shape index (κ2) is 10.8. The molecular weight excluding hydrogens is 480 g/mol. The third-order valence-electron chi connectivity index (χ3n) is 3.49. The van der Waals surface area contributed by atoms with E-state index in [0.29, 0.717) is 28.2 Å². The number of benzene rings is 2. The number of hydrogen-bond acceptors (Lipinski definition) is 5. The molecule has 0 N–H and O–H groups in total.